The summed E-state index contributed by atoms with van der Waals surface area (Å²) in [4.78, 5) is 7.34. The van der Waals surface area contributed by atoms with Crippen LogP contribution >= 0.6 is 22.7 Å². The molecule has 2 bridgehead atoms. The zero-order valence-corrected chi connectivity index (χ0v) is 37.1. The van der Waals surface area contributed by atoms with Gasteiger partial charge in [-0.3, -0.25) is 0 Å². The number of furan rings is 1. The van der Waals surface area contributed by atoms with Gasteiger partial charge in [-0.1, -0.05) is 115 Å². The van der Waals surface area contributed by atoms with Gasteiger partial charge in [0.05, 0.1) is 44.9 Å². The molecule has 3 aromatic heterocycles. The lowest BCUT2D eigenvalue weighted by Gasteiger charge is -2.33. The molecule has 1 aliphatic heterocycles. The summed E-state index contributed by atoms with van der Waals surface area (Å²) in [6, 6.07) is 81.9. The van der Waals surface area contributed by atoms with Crippen LogP contribution in [0.15, 0.2) is 229 Å². The maximum absolute atomic E-state index is 6.79. The summed E-state index contributed by atoms with van der Waals surface area (Å²) in [6.45, 7) is 0. The molecule has 0 atom stereocenters. The third-order valence-corrected chi connectivity index (χ3v) is 15.4. The fourth-order valence-corrected chi connectivity index (χ4v) is 12.4. The van der Waals surface area contributed by atoms with Gasteiger partial charge in [0.15, 0.2) is 0 Å². The SMILES string of the molecule is c1ccc(-c2ccccc2N2c3cc(N(c4ccc5sc6ccccc6c5c4)c4ccc5sc6ccccc6c5c4)cc(c3)N(c3ccccc3)c3cccc4oc5cccc2c5c34)cc1. The lowest BCUT2D eigenvalue weighted by molar-refractivity contribution is 0.669. The van der Waals surface area contributed by atoms with Crippen LogP contribution in [0.3, 0.4) is 0 Å². The van der Waals surface area contributed by atoms with Crippen LogP contribution in [-0.2, 0) is 0 Å². The first kappa shape index (κ1) is 37.2. The van der Waals surface area contributed by atoms with Crippen LogP contribution in [0.5, 0.6) is 0 Å². The van der Waals surface area contributed by atoms with Crippen molar-refractivity contribution in [2.24, 2.45) is 0 Å². The minimum atomic E-state index is 0.842. The third-order valence-electron chi connectivity index (χ3n) is 13.1. The lowest BCUT2D eigenvalue weighted by Crippen LogP contribution is -2.16. The van der Waals surface area contributed by atoms with E-state index < -0.39 is 0 Å². The number of fused-ring (bicyclic) bond motifs is 8. The van der Waals surface area contributed by atoms with Crippen molar-refractivity contribution in [2.45, 2.75) is 0 Å². The second-order valence-electron chi connectivity index (χ2n) is 16.9. The number of benzene rings is 10. The Balaban J connectivity index is 1.11. The Morgan fingerprint density at radius 1 is 0.333 bits per heavy atom. The topological polar surface area (TPSA) is 22.9 Å². The van der Waals surface area contributed by atoms with Gasteiger partial charge in [-0.25, -0.2) is 0 Å². The first-order chi connectivity index (χ1) is 32.7. The fraction of sp³-hybridized carbons (Fsp3) is 0. The fourth-order valence-electron chi connectivity index (χ4n) is 10.3. The van der Waals surface area contributed by atoms with Gasteiger partial charge >= 0.3 is 0 Å². The summed E-state index contributed by atoms with van der Waals surface area (Å²) in [7, 11) is 0. The highest BCUT2D eigenvalue weighted by Gasteiger charge is 2.30. The van der Waals surface area contributed by atoms with Crippen molar-refractivity contribution in [2.75, 3.05) is 14.7 Å². The molecule has 10 aromatic carbocycles. The molecule has 0 saturated heterocycles. The predicted octanol–water partition coefficient (Wildman–Crippen LogP) is 18.7. The van der Waals surface area contributed by atoms with Crippen LogP contribution in [0.25, 0.3) is 73.4 Å². The minimum absolute atomic E-state index is 0.842. The first-order valence-corrected chi connectivity index (χ1v) is 23.9. The molecule has 0 spiro atoms. The molecule has 0 unspecified atom stereocenters. The smallest absolute Gasteiger partial charge is 0.137 e. The first-order valence-electron chi connectivity index (χ1n) is 22.2. The molecule has 4 heterocycles. The van der Waals surface area contributed by atoms with Crippen LogP contribution in [0.1, 0.15) is 0 Å². The molecule has 310 valence electrons. The largest absolute Gasteiger partial charge is 0.456 e. The summed E-state index contributed by atoms with van der Waals surface area (Å²) >= 11 is 3.70. The van der Waals surface area contributed by atoms with E-state index in [0.29, 0.717) is 0 Å². The molecule has 0 fully saturated rings. The van der Waals surface area contributed by atoms with E-state index in [1.165, 1.54) is 40.3 Å². The Kier molecular flexibility index (Phi) is 8.29. The number of hydrogen-bond acceptors (Lipinski definition) is 6. The van der Waals surface area contributed by atoms with E-state index in [9.17, 15) is 0 Å². The maximum Gasteiger partial charge on any atom is 0.137 e. The van der Waals surface area contributed by atoms with Gasteiger partial charge in [-0.05, 0) is 115 Å². The van der Waals surface area contributed by atoms with Crippen LogP contribution in [0, 0.1) is 0 Å². The van der Waals surface area contributed by atoms with Crippen LogP contribution in [0.2, 0.25) is 0 Å². The summed E-state index contributed by atoms with van der Waals surface area (Å²) in [5.41, 5.74) is 13.5. The second-order valence-corrected chi connectivity index (χ2v) is 19.1. The summed E-state index contributed by atoms with van der Waals surface area (Å²) in [5, 5.41) is 7.19. The molecule has 13 aromatic rings. The summed E-state index contributed by atoms with van der Waals surface area (Å²) < 4.78 is 11.9. The highest BCUT2D eigenvalue weighted by Crippen LogP contribution is 2.54. The zero-order chi connectivity index (χ0) is 43.3. The Bertz CT molecular complexity index is 3920. The van der Waals surface area contributed by atoms with E-state index in [1.807, 2.05) is 22.7 Å². The Morgan fingerprint density at radius 2 is 0.833 bits per heavy atom. The quantitative estimate of drug-likeness (QED) is 0.166. The van der Waals surface area contributed by atoms with Crippen LogP contribution in [0.4, 0.5) is 51.2 Å². The molecule has 1 aliphatic rings. The number of para-hydroxylation sites is 2. The van der Waals surface area contributed by atoms with Gasteiger partial charge in [0.25, 0.3) is 0 Å². The van der Waals surface area contributed by atoms with Gasteiger partial charge in [-0.2, -0.15) is 0 Å². The van der Waals surface area contributed by atoms with E-state index in [0.717, 1.165) is 84.3 Å². The van der Waals surface area contributed by atoms with Crippen molar-refractivity contribution in [3.63, 3.8) is 0 Å². The van der Waals surface area contributed by atoms with Crippen molar-refractivity contribution in [1.82, 2.24) is 0 Å². The predicted molar refractivity (Wildman–Crippen MR) is 283 cm³/mol. The van der Waals surface area contributed by atoms with E-state index in [4.69, 9.17) is 4.42 Å². The number of nitrogens with zero attached hydrogens (tertiary/aromatic N) is 3. The number of rotatable bonds is 6. The molecule has 0 radical (unpaired) electrons. The van der Waals surface area contributed by atoms with E-state index in [-0.39, 0.29) is 0 Å². The summed E-state index contributed by atoms with van der Waals surface area (Å²) in [5.74, 6) is 0. The maximum atomic E-state index is 6.79. The van der Waals surface area contributed by atoms with Crippen molar-refractivity contribution in [3.8, 4) is 11.1 Å². The van der Waals surface area contributed by atoms with Crippen LogP contribution < -0.4 is 14.7 Å². The molecule has 0 aliphatic carbocycles. The third kappa shape index (κ3) is 5.75. The van der Waals surface area contributed by atoms with Crippen molar-refractivity contribution < 1.29 is 4.42 Å². The van der Waals surface area contributed by atoms with Gasteiger partial charge in [-0.15, -0.1) is 22.7 Å². The average molecular weight is 880 g/mol. The monoisotopic (exact) mass is 879 g/mol. The highest BCUT2D eigenvalue weighted by atomic mass is 32.1. The minimum Gasteiger partial charge on any atom is -0.456 e. The number of thiophene rings is 2. The molecule has 14 rings (SSSR count). The number of anilines is 9. The van der Waals surface area contributed by atoms with Gasteiger partial charge in [0.1, 0.15) is 11.2 Å². The number of hydrogen-bond donors (Lipinski definition) is 0. The van der Waals surface area contributed by atoms with Gasteiger partial charge in [0, 0.05) is 63.0 Å². The Labute approximate surface area is 388 Å². The van der Waals surface area contributed by atoms with Gasteiger partial charge in [0.2, 0.25) is 0 Å². The molecule has 0 N–H and O–H groups in total. The van der Waals surface area contributed by atoms with Crippen molar-refractivity contribution in [1.29, 1.82) is 0 Å². The molecular weight excluding hydrogens is 843 g/mol. The van der Waals surface area contributed by atoms with Gasteiger partial charge < -0.3 is 19.1 Å². The van der Waals surface area contributed by atoms with Crippen molar-refractivity contribution >= 4 is 136 Å². The molecule has 66 heavy (non-hydrogen) atoms. The molecule has 4 nitrogen and oxygen atoms in total. The molecule has 6 heteroatoms. The second kappa shape index (κ2) is 14.7. The lowest BCUT2D eigenvalue weighted by atomic mass is 10.0. The van der Waals surface area contributed by atoms with E-state index in [2.05, 4.69) is 239 Å². The zero-order valence-electron chi connectivity index (χ0n) is 35.4. The Hall–Kier alpha value is -8.16. The Morgan fingerprint density at radius 3 is 1.47 bits per heavy atom. The molecular formula is C60H37N3OS2. The van der Waals surface area contributed by atoms with Crippen LogP contribution in [-0.4, -0.2) is 0 Å². The molecule has 0 saturated carbocycles. The highest BCUT2D eigenvalue weighted by molar-refractivity contribution is 7.26. The standard InChI is InChI=1S/C60H37N3OS2/c1-3-15-38(16-4-1)45-19-7-10-22-50(45)63-44-34-42(33-43(35-44)62(39-17-5-2-6-18-39)51-23-13-25-53-59(51)60-52(63)24-14-26-54(60)64-53)61(40-29-31-57-48(36-40)46-20-8-11-27-55(46)65-57)41-30-32-58-49(37-41)47-21-9-12-28-56(47)66-58/h1-37H. The van der Waals surface area contributed by atoms with Crippen molar-refractivity contribution in [3.05, 3.63) is 224 Å². The molecule has 0 amide bonds. The summed E-state index contributed by atoms with van der Waals surface area (Å²) in [6.07, 6.45) is 0. The normalized spacial score (nSPS) is 12.5. The average Bonchev–Trinajstić information content (AvgIpc) is 4.07. The van der Waals surface area contributed by atoms with E-state index >= 15 is 0 Å². The van der Waals surface area contributed by atoms with E-state index in [1.54, 1.807) is 0 Å².